The number of H-pyrrole nitrogens is 1. The number of amides is 1. The van der Waals surface area contributed by atoms with E-state index in [1.165, 1.54) is 6.20 Å². The highest BCUT2D eigenvalue weighted by molar-refractivity contribution is 6.04. The van der Waals surface area contributed by atoms with Gasteiger partial charge < -0.3 is 9.88 Å². The van der Waals surface area contributed by atoms with Crippen molar-refractivity contribution in [1.82, 2.24) is 24.7 Å². The van der Waals surface area contributed by atoms with E-state index in [9.17, 15) is 18.0 Å². The van der Waals surface area contributed by atoms with E-state index in [0.29, 0.717) is 17.0 Å². The number of nitrogens with zero attached hydrogens (tertiary/aromatic N) is 5. The zero-order chi connectivity index (χ0) is 22.0. The van der Waals surface area contributed by atoms with Crippen LogP contribution < -0.4 is 4.90 Å². The fourth-order valence-electron chi connectivity index (χ4n) is 4.47. The Bertz CT molecular complexity index is 1320. The molecule has 1 amide bonds. The second-order valence-electron chi connectivity index (χ2n) is 8.23. The summed E-state index contributed by atoms with van der Waals surface area (Å²) in [5, 5.41) is 3.38. The lowest BCUT2D eigenvalue weighted by molar-refractivity contribution is -0.212. The molecule has 6 rings (SSSR count). The predicted molar refractivity (Wildman–Crippen MR) is 109 cm³/mol. The Morgan fingerprint density at radius 1 is 1.03 bits per heavy atom. The molecule has 0 bridgehead atoms. The molecule has 0 spiro atoms. The van der Waals surface area contributed by atoms with E-state index in [2.05, 4.69) is 20.1 Å². The van der Waals surface area contributed by atoms with Gasteiger partial charge in [0.25, 0.3) is 0 Å². The molecule has 7 nitrogen and oxygen atoms in total. The van der Waals surface area contributed by atoms with Crippen molar-refractivity contribution in [3.05, 3.63) is 60.9 Å². The summed E-state index contributed by atoms with van der Waals surface area (Å²) in [6.45, 7) is 0. The van der Waals surface area contributed by atoms with Crippen LogP contribution in [-0.2, 0) is 11.1 Å². The molecule has 1 saturated carbocycles. The highest BCUT2D eigenvalue weighted by Gasteiger charge is 2.55. The van der Waals surface area contributed by atoms with Crippen LogP contribution in [-0.4, -0.2) is 30.6 Å². The predicted octanol–water partition coefficient (Wildman–Crippen LogP) is 4.41. The number of aromatic nitrogens is 5. The smallest absolute Gasteiger partial charge is 0.345 e. The van der Waals surface area contributed by atoms with Crippen LogP contribution in [0.3, 0.4) is 0 Å². The molecular weight excluding hydrogens is 421 g/mol. The fourth-order valence-corrected chi connectivity index (χ4v) is 4.47. The van der Waals surface area contributed by atoms with Gasteiger partial charge in [-0.3, -0.25) is 9.78 Å². The molecule has 2 fully saturated rings. The summed E-state index contributed by atoms with van der Waals surface area (Å²) in [6.07, 6.45) is 2.72. The average molecular weight is 438 g/mol. The molecule has 4 aromatic rings. The van der Waals surface area contributed by atoms with Crippen LogP contribution in [0.15, 0.2) is 55.2 Å². The number of fused-ring (bicyclic) bond motifs is 1. The van der Waals surface area contributed by atoms with Crippen LogP contribution in [0.1, 0.15) is 24.6 Å². The molecule has 3 aromatic heterocycles. The number of hydrogen-bond donors (Lipinski definition) is 1. The monoisotopic (exact) mass is 438 g/mol. The molecule has 1 saturated heterocycles. The van der Waals surface area contributed by atoms with Crippen molar-refractivity contribution in [2.75, 3.05) is 4.90 Å². The Labute approximate surface area is 179 Å². The second-order valence-corrected chi connectivity index (χ2v) is 8.23. The Balaban J connectivity index is 1.33. The number of pyridine rings is 1. The molecule has 0 radical (unpaired) electrons. The number of hydrogen-bond acceptors (Lipinski definition) is 4. The van der Waals surface area contributed by atoms with E-state index >= 15 is 0 Å². The maximum atomic E-state index is 13.0. The van der Waals surface area contributed by atoms with Gasteiger partial charge in [-0.2, -0.15) is 9.78 Å². The van der Waals surface area contributed by atoms with Gasteiger partial charge in [0.15, 0.2) is 0 Å². The molecule has 1 aliphatic heterocycles. The number of halogens is 3. The van der Waals surface area contributed by atoms with E-state index in [1.807, 2.05) is 18.2 Å². The minimum absolute atomic E-state index is 0.0305. The summed E-state index contributed by atoms with van der Waals surface area (Å²) in [6, 6.07) is 8.94. The van der Waals surface area contributed by atoms with Crippen molar-refractivity contribution in [3.8, 4) is 11.1 Å². The zero-order valence-electron chi connectivity index (χ0n) is 16.6. The molecule has 1 N–H and O–H groups in total. The van der Waals surface area contributed by atoms with Gasteiger partial charge in [-0.15, -0.1) is 13.2 Å². The summed E-state index contributed by atoms with van der Waals surface area (Å²) in [5.41, 5.74) is 4.01. The van der Waals surface area contributed by atoms with Gasteiger partial charge in [0.05, 0.1) is 41.2 Å². The van der Waals surface area contributed by atoms with Crippen LogP contribution in [0.25, 0.3) is 22.2 Å². The SMILES string of the molecule is O=C1C(C2CC2)C(c2ccc(-c3cnn(C(F)(F)F)c3)cn2)N1c1ccc2nc[nH]c2c1. The molecule has 2 aliphatic rings. The summed E-state index contributed by atoms with van der Waals surface area (Å²) < 4.78 is 38.4. The number of benzene rings is 1. The van der Waals surface area contributed by atoms with Crippen LogP contribution in [0.5, 0.6) is 0 Å². The summed E-state index contributed by atoms with van der Waals surface area (Å²) in [7, 11) is 0. The number of carbonyl (C=O) groups is 1. The third-order valence-electron chi connectivity index (χ3n) is 6.22. The number of aromatic amines is 1. The van der Waals surface area contributed by atoms with Gasteiger partial charge in [0.1, 0.15) is 0 Å². The Hall–Kier alpha value is -3.69. The standard InChI is InChI=1S/C22H17F3N6O/c23-22(24,25)30-10-14(9-29-30)13-3-5-17(26-8-13)20-19(12-1-2-12)21(32)31(20)15-4-6-16-18(7-15)28-11-27-16/h3-12,19-20H,1-2H2,(H,27,28). The normalized spacial score (nSPS) is 21.2. The molecule has 1 aliphatic carbocycles. The molecule has 2 atom stereocenters. The minimum Gasteiger partial charge on any atom is -0.345 e. The van der Waals surface area contributed by atoms with E-state index in [-0.39, 0.29) is 22.5 Å². The average Bonchev–Trinajstić information content (AvgIpc) is 3.26. The number of β-lactam (4-membered cyclic amide) rings is 1. The number of imidazole rings is 1. The Morgan fingerprint density at radius 3 is 2.56 bits per heavy atom. The number of alkyl halides is 3. The number of nitrogens with one attached hydrogen (secondary N) is 1. The molecule has 4 heterocycles. The highest BCUT2D eigenvalue weighted by atomic mass is 19.4. The van der Waals surface area contributed by atoms with Gasteiger partial charge in [0.2, 0.25) is 5.91 Å². The van der Waals surface area contributed by atoms with Crippen LogP contribution in [0.4, 0.5) is 18.9 Å². The lowest BCUT2D eigenvalue weighted by Gasteiger charge is -2.47. The first-order valence-electron chi connectivity index (χ1n) is 10.2. The molecule has 1 aromatic carbocycles. The molecular formula is C22H17F3N6O. The van der Waals surface area contributed by atoms with E-state index in [0.717, 1.165) is 47.7 Å². The van der Waals surface area contributed by atoms with Crippen LogP contribution >= 0.6 is 0 Å². The number of carbonyl (C=O) groups excluding carboxylic acids is 1. The van der Waals surface area contributed by atoms with Crippen LogP contribution in [0, 0.1) is 11.8 Å². The highest BCUT2D eigenvalue weighted by Crippen LogP contribution is 2.53. The van der Waals surface area contributed by atoms with Crippen molar-refractivity contribution < 1.29 is 18.0 Å². The van der Waals surface area contributed by atoms with Gasteiger partial charge in [-0.1, -0.05) is 6.07 Å². The van der Waals surface area contributed by atoms with Crippen molar-refractivity contribution >= 4 is 22.6 Å². The number of anilines is 1. The summed E-state index contributed by atoms with van der Waals surface area (Å²) >= 11 is 0. The lowest BCUT2D eigenvalue weighted by Crippen LogP contribution is -2.56. The maximum Gasteiger partial charge on any atom is 0.504 e. The van der Waals surface area contributed by atoms with Gasteiger partial charge in [0, 0.05) is 29.2 Å². The van der Waals surface area contributed by atoms with Crippen molar-refractivity contribution in [1.29, 1.82) is 0 Å². The topological polar surface area (TPSA) is 79.7 Å². The van der Waals surface area contributed by atoms with Crippen molar-refractivity contribution in [2.24, 2.45) is 11.8 Å². The Morgan fingerprint density at radius 2 is 1.88 bits per heavy atom. The third kappa shape index (κ3) is 2.97. The first-order chi connectivity index (χ1) is 15.4. The zero-order valence-corrected chi connectivity index (χ0v) is 16.6. The summed E-state index contributed by atoms with van der Waals surface area (Å²) in [5.74, 6) is 0.304. The van der Waals surface area contributed by atoms with Gasteiger partial charge in [-0.25, -0.2) is 4.98 Å². The molecule has 162 valence electrons. The van der Waals surface area contributed by atoms with Gasteiger partial charge >= 0.3 is 6.30 Å². The fraction of sp³-hybridized carbons (Fsp3) is 0.273. The number of rotatable bonds is 4. The van der Waals surface area contributed by atoms with Crippen molar-refractivity contribution in [2.45, 2.75) is 25.2 Å². The van der Waals surface area contributed by atoms with E-state index < -0.39 is 6.30 Å². The maximum absolute atomic E-state index is 13.0. The Kier molecular flexibility index (Phi) is 3.96. The quantitative estimate of drug-likeness (QED) is 0.479. The lowest BCUT2D eigenvalue weighted by atomic mass is 9.80. The largest absolute Gasteiger partial charge is 0.504 e. The first-order valence-corrected chi connectivity index (χ1v) is 10.2. The minimum atomic E-state index is -4.56. The van der Waals surface area contributed by atoms with Crippen LogP contribution in [0.2, 0.25) is 0 Å². The molecule has 10 heteroatoms. The van der Waals surface area contributed by atoms with Crippen molar-refractivity contribution in [3.63, 3.8) is 0 Å². The van der Waals surface area contributed by atoms with E-state index in [1.54, 1.807) is 23.4 Å². The van der Waals surface area contributed by atoms with Gasteiger partial charge in [-0.05, 0) is 43.0 Å². The first kappa shape index (κ1) is 19.0. The van der Waals surface area contributed by atoms with E-state index in [4.69, 9.17) is 0 Å². The molecule has 32 heavy (non-hydrogen) atoms. The third-order valence-corrected chi connectivity index (χ3v) is 6.22. The molecule has 2 unspecified atom stereocenters. The second kappa shape index (κ2) is 6.65. The summed E-state index contributed by atoms with van der Waals surface area (Å²) in [4.78, 5) is 26.6.